The monoisotopic (exact) mass is 362 g/mol. The minimum absolute atomic E-state index is 0.234. The van der Waals surface area contributed by atoms with Crippen LogP contribution in [0.5, 0.6) is 0 Å². The first-order valence-electron chi connectivity index (χ1n) is 8.60. The van der Waals surface area contributed by atoms with Crippen LogP contribution in [-0.2, 0) is 9.59 Å². The lowest BCUT2D eigenvalue weighted by Crippen LogP contribution is -2.52. The maximum absolute atomic E-state index is 13.0. The van der Waals surface area contributed by atoms with Crippen LogP contribution in [-0.4, -0.2) is 77.9 Å². The fraction of sp³-hybridized carbons (Fsp3) is 0.500. The second kappa shape index (κ2) is 6.59. The third kappa shape index (κ3) is 3.11. The number of rotatable bonds is 3. The fourth-order valence-electron chi connectivity index (χ4n) is 3.22. The van der Waals surface area contributed by atoms with E-state index < -0.39 is 11.6 Å². The van der Waals surface area contributed by atoms with Crippen molar-refractivity contribution in [1.82, 2.24) is 14.7 Å². The molecule has 0 spiro atoms. The number of carbonyl (C=O) groups is 3. The Balaban J connectivity index is 1.58. The summed E-state index contributed by atoms with van der Waals surface area (Å²) in [5.74, 6) is -0.879. The summed E-state index contributed by atoms with van der Waals surface area (Å²) in [6.07, 6.45) is 0. The number of piperazine rings is 1. The average molecular weight is 362 g/mol. The molecule has 1 aromatic carbocycles. The standard InChI is InChI=1S/C18H23FN4O3/c1-18(2)16(25)23(17(26)20(18)3)12-15(24)22-10-8-21(9-11-22)14-6-4-13(19)5-7-14/h4-7H,8-12H2,1-3H3. The molecular weight excluding hydrogens is 339 g/mol. The molecule has 2 saturated heterocycles. The van der Waals surface area contributed by atoms with Crippen LogP contribution in [0, 0.1) is 5.82 Å². The topological polar surface area (TPSA) is 64.2 Å². The third-order valence-electron chi connectivity index (χ3n) is 5.24. The number of imide groups is 1. The van der Waals surface area contributed by atoms with Gasteiger partial charge < -0.3 is 14.7 Å². The molecule has 2 heterocycles. The van der Waals surface area contributed by atoms with Gasteiger partial charge in [-0.15, -0.1) is 0 Å². The molecule has 0 bridgehead atoms. The first kappa shape index (κ1) is 18.2. The fourth-order valence-corrected chi connectivity index (χ4v) is 3.22. The molecule has 140 valence electrons. The van der Waals surface area contributed by atoms with Crippen molar-refractivity contribution in [3.05, 3.63) is 30.1 Å². The minimum atomic E-state index is -0.932. The number of anilines is 1. The van der Waals surface area contributed by atoms with Crippen molar-refractivity contribution in [2.75, 3.05) is 44.7 Å². The van der Waals surface area contributed by atoms with Gasteiger partial charge >= 0.3 is 6.03 Å². The number of likely N-dealkylation sites (N-methyl/N-ethyl adjacent to an activating group) is 1. The number of amides is 4. The highest BCUT2D eigenvalue weighted by Crippen LogP contribution is 2.25. The molecule has 1 aromatic rings. The predicted molar refractivity (Wildman–Crippen MR) is 94.1 cm³/mol. The van der Waals surface area contributed by atoms with Crippen molar-refractivity contribution in [3.63, 3.8) is 0 Å². The van der Waals surface area contributed by atoms with Gasteiger partial charge in [-0.2, -0.15) is 0 Å². The summed E-state index contributed by atoms with van der Waals surface area (Å²) in [5.41, 5.74) is -0.0229. The summed E-state index contributed by atoms with van der Waals surface area (Å²) in [5, 5.41) is 0. The summed E-state index contributed by atoms with van der Waals surface area (Å²) in [7, 11) is 1.56. The molecule has 8 heteroatoms. The van der Waals surface area contributed by atoms with Gasteiger partial charge in [-0.05, 0) is 38.1 Å². The zero-order valence-corrected chi connectivity index (χ0v) is 15.2. The van der Waals surface area contributed by atoms with Gasteiger partial charge in [0.05, 0.1) is 0 Å². The van der Waals surface area contributed by atoms with Crippen molar-refractivity contribution in [2.45, 2.75) is 19.4 Å². The Bertz CT molecular complexity index is 726. The van der Waals surface area contributed by atoms with Crippen LogP contribution in [0.25, 0.3) is 0 Å². The number of hydrogen-bond donors (Lipinski definition) is 0. The zero-order chi connectivity index (χ0) is 19.1. The van der Waals surface area contributed by atoms with Crippen molar-refractivity contribution in [2.24, 2.45) is 0 Å². The van der Waals surface area contributed by atoms with Crippen molar-refractivity contribution in [1.29, 1.82) is 0 Å². The van der Waals surface area contributed by atoms with Crippen LogP contribution in [0.1, 0.15) is 13.8 Å². The van der Waals surface area contributed by atoms with E-state index in [1.165, 1.54) is 17.0 Å². The van der Waals surface area contributed by atoms with Crippen LogP contribution in [0.3, 0.4) is 0 Å². The van der Waals surface area contributed by atoms with Gasteiger partial charge in [0, 0.05) is 38.9 Å². The van der Waals surface area contributed by atoms with E-state index in [1.54, 1.807) is 37.9 Å². The van der Waals surface area contributed by atoms with E-state index in [2.05, 4.69) is 4.90 Å². The molecular formula is C18H23FN4O3. The Morgan fingerprint density at radius 3 is 2.15 bits per heavy atom. The van der Waals surface area contributed by atoms with Crippen molar-refractivity contribution >= 4 is 23.5 Å². The normalized spacial score (nSPS) is 20.2. The minimum Gasteiger partial charge on any atom is -0.368 e. The predicted octanol–water partition coefficient (Wildman–Crippen LogP) is 1.15. The zero-order valence-electron chi connectivity index (χ0n) is 15.2. The largest absolute Gasteiger partial charge is 0.368 e. The first-order valence-corrected chi connectivity index (χ1v) is 8.60. The molecule has 0 N–H and O–H groups in total. The number of carbonyl (C=O) groups excluding carboxylic acids is 3. The molecule has 2 fully saturated rings. The number of nitrogens with zero attached hydrogens (tertiary/aromatic N) is 4. The molecule has 0 aliphatic carbocycles. The van der Waals surface area contributed by atoms with E-state index in [-0.39, 0.29) is 24.2 Å². The van der Waals surface area contributed by atoms with Crippen LogP contribution in [0.4, 0.5) is 14.9 Å². The Kier molecular flexibility index (Phi) is 4.60. The van der Waals surface area contributed by atoms with Gasteiger partial charge in [0.25, 0.3) is 5.91 Å². The number of hydrogen-bond acceptors (Lipinski definition) is 4. The molecule has 3 rings (SSSR count). The lowest BCUT2D eigenvalue weighted by molar-refractivity contribution is -0.139. The number of halogens is 1. The second-order valence-corrected chi connectivity index (χ2v) is 7.14. The molecule has 0 atom stereocenters. The summed E-state index contributed by atoms with van der Waals surface area (Å²) < 4.78 is 13.0. The lowest BCUT2D eigenvalue weighted by Gasteiger charge is -2.36. The van der Waals surface area contributed by atoms with Crippen molar-refractivity contribution < 1.29 is 18.8 Å². The smallest absolute Gasteiger partial charge is 0.327 e. The van der Waals surface area contributed by atoms with Gasteiger partial charge in [0.2, 0.25) is 5.91 Å². The third-order valence-corrected chi connectivity index (χ3v) is 5.24. The molecule has 2 aliphatic rings. The van der Waals surface area contributed by atoms with Gasteiger partial charge in [-0.1, -0.05) is 0 Å². The van der Waals surface area contributed by atoms with Crippen LogP contribution >= 0.6 is 0 Å². The maximum atomic E-state index is 13.0. The van der Waals surface area contributed by atoms with E-state index in [4.69, 9.17) is 0 Å². The number of benzene rings is 1. The highest BCUT2D eigenvalue weighted by molar-refractivity contribution is 6.08. The summed E-state index contributed by atoms with van der Waals surface area (Å²) >= 11 is 0. The SMILES string of the molecule is CN1C(=O)N(CC(=O)N2CCN(c3ccc(F)cc3)CC2)C(=O)C1(C)C. The van der Waals surface area contributed by atoms with Gasteiger partial charge in [-0.3, -0.25) is 14.5 Å². The van der Waals surface area contributed by atoms with E-state index in [9.17, 15) is 18.8 Å². The first-order chi connectivity index (χ1) is 12.2. The van der Waals surface area contributed by atoms with Crippen LogP contribution in [0.2, 0.25) is 0 Å². The van der Waals surface area contributed by atoms with E-state index in [0.717, 1.165) is 10.6 Å². The Hall–Kier alpha value is -2.64. The van der Waals surface area contributed by atoms with E-state index in [0.29, 0.717) is 26.2 Å². The molecule has 2 aliphatic heterocycles. The summed E-state index contributed by atoms with van der Waals surface area (Å²) in [4.78, 5) is 43.3. The van der Waals surface area contributed by atoms with E-state index in [1.807, 2.05) is 0 Å². The molecule has 0 aromatic heterocycles. The Morgan fingerprint density at radius 2 is 1.65 bits per heavy atom. The molecule has 0 radical (unpaired) electrons. The highest BCUT2D eigenvalue weighted by Gasteiger charge is 2.50. The number of urea groups is 1. The Labute approximate surface area is 151 Å². The van der Waals surface area contributed by atoms with Gasteiger partial charge in [0.15, 0.2) is 0 Å². The molecule has 7 nitrogen and oxygen atoms in total. The quantitative estimate of drug-likeness (QED) is 0.757. The highest BCUT2D eigenvalue weighted by atomic mass is 19.1. The summed E-state index contributed by atoms with van der Waals surface area (Å²) in [6.45, 7) is 5.31. The van der Waals surface area contributed by atoms with Gasteiger partial charge in [0.1, 0.15) is 17.9 Å². The Morgan fingerprint density at radius 1 is 1.08 bits per heavy atom. The van der Waals surface area contributed by atoms with Crippen LogP contribution in [0.15, 0.2) is 24.3 Å². The molecule has 0 unspecified atom stereocenters. The van der Waals surface area contributed by atoms with E-state index >= 15 is 0 Å². The molecule has 0 saturated carbocycles. The molecule has 26 heavy (non-hydrogen) atoms. The van der Waals surface area contributed by atoms with Crippen molar-refractivity contribution in [3.8, 4) is 0 Å². The summed E-state index contributed by atoms with van der Waals surface area (Å²) in [6, 6.07) is 5.81. The average Bonchev–Trinajstić information content (AvgIpc) is 2.77. The second-order valence-electron chi connectivity index (χ2n) is 7.14. The molecule has 4 amide bonds. The lowest BCUT2D eigenvalue weighted by atomic mass is 10.1. The van der Waals surface area contributed by atoms with Crippen LogP contribution < -0.4 is 4.90 Å². The van der Waals surface area contributed by atoms with Gasteiger partial charge in [-0.25, -0.2) is 9.18 Å². The maximum Gasteiger partial charge on any atom is 0.327 e.